The molecule has 0 aliphatic heterocycles. The molecule has 1 aromatic rings. The summed E-state index contributed by atoms with van der Waals surface area (Å²) in [6.45, 7) is 9.27. The summed E-state index contributed by atoms with van der Waals surface area (Å²) in [5.41, 5.74) is 3.28. The van der Waals surface area contributed by atoms with E-state index in [9.17, 15) is 0 Å². The van der Waals surface area contributed by atoms with Gasteiger partial charge in [-0.3, -0.25) is 0 Å². The zero-order chi connectivity index (χ0) is 12.5. The summed E-state index contributed by atoms with van der Waals surface area (Å²) in [5, 5.41) is 0. The Morgan fingerprint density at radius 3 is 2.06 bits per heavy atom. The zero-order valence-electron chi connectivity index (χ0n) is 11.8. The van der Waals surface area contributed by atoms with Crippen molar-refractivity contribution >= 4 is 0 Å². The van der Waals surface area contributed by atoms with E-state index in [2.05, 4.69) is 52.0 Å². The number of hydrogen-bond donors (Lipinski definition) is 0. The SMILES string of the molecule is C[C@@H]1CCCC[C@H]1c1ccc(C(C)(C)C)cc1. The largest absolute Gasteiger partial charge is 0.0619 e. The van der Waals surface area contributed by atoms with E-state index < -0.39 is 0 Å². The van der Waals surface area contributed by atoms with Crippen LogP contribution in [0.1, 0.15) is 70.4 Å². The third-order valence-corrected chi connectivity index (χ3v) is 4.32. The maximum atomic E-state index is 2.42. The Bertz CT molecular complexity index is 353. The molecule has 1 saturated carbocycles. The fraction of sp³-hybridized carbons (Fsp3) is 0.647. The summed E-state index contributed by atoms with van der Waals surface area (Å²) in [6, 6.07) is 9.40. The third-order valence-electron chi connectivity index (χ3n) is 4.32. The number of rotatable bonds is 1. The van der Waals surface area contributed by atoms with E-state index in [0.29, 0.717) is 0 Å². The highest BCUT2D eigenvalue weighted by atomic mass is 14.3. The lowest BCUT2D eigenvalue weighted by molar-refractivity contribution is 0.330. The van der Waals surface area contributed by atoms with Gasteiger partial charge in [-0.1, -0.05) is 71.2 Å². The molecule has 17 heavy (non-hydrogen) atoms. The molecule has 1 aliphatic rings. The summed E-state index contributed by atoms with van der Waals surface area (Å²) in [7, 11) is 0. The van der Waals surface area contributed by atoms with Crippen LogP contribution in [0.5, 0.6) is 0 Å². The summed E-state index contributed by atoms with van der Waals surface area (Å²) in [5.74, 6) is 1.67. The van der Waals surface area contributed by atoms with Gasteiger partial charge in [-0.15, -0.1) is 0 Å². The number of benzene rings is 1. The van der Waals surface area contributed by atoms with Crippen LogP contribution in [0.3, 0.4) is 0 Å². The molecule has 0 radical (unpaired) electrons. The summed E-state index contributed by atoms with van der Waals surface area (Å²) in [4.78, 5) is 0. The van der Waals surface area contributed by atoms with Crippen LogP contribution in [0.2, 0.25) is 0 Å². The summed E-state index contributed by atoms with van der Waals surface area (Å²) >= 11 is 0. The van der Waals surface area contributed by atoms with Gasteiger partial charge < -0.3 is 0 Å². The lowest BCUT2D eigenvalue weighted by Gasteiger charge is -2.29. The Hall–Kier alpha value is -0.780. The average Bonchev–Trinajstić information content (AvgIpc) is 2.29. The highest BCUT2D eigenvalue weighted by Crippen LogP contribution is 2.37. The first-order valence-corrected chi connectivity index (χ1v) is 7.09. The third kappa shape index (κ3) is 2.91. The molecule has 0 amide bonds. The van der Waals surface area contributed by atoms with Crippen molar-refractivity contribution in [1.29, 1.82) is 0 Å². The molecule has 1 aliphatic carbocycles. The van der Waals surface area contributed by atoms with E-state index in [1.165, 1.54) is 31.2 Å². The van der Waals surface area contributed by atoms with Gasteiger partial charge in [0.15, 0.2) is 0 Å². The Balaban J connectivity index is 2.17. The molecular formula is C17H26. The van der Waals surface area contributed by atoms with Gasteiger partial charge in [0.2, 0.25) is 0 Å². The molecule has 0 heteroatoms. The first-order valence-electron chi connectivity index (χ1n) is 7.09. The molecule has 0 unspecified atom stereocenters. The van der Waals surface area contributed by atoms with Crippen LogP contribution in [0.15, 0.2) is 24.3 Å². The van der Waals surface area contributed by atoms with E-state index in [0.717, 1.165) is 11.8 Å². The van der Waals surface area contributed by atoms with Crippen molar-refractivity contribution in [2.24, 2.45) is 5.92 Å². The second kappa shape index (κ2) is 4.84. The van der Waals surface area contributed by atoms with Crippen molar-refractivity contribution in [2.75, 3.05) is 0 Å². The summed E-state index contributed by atoms with van der Waals surface area (Å²) in [6.07, 6.45) is 5.63. The van der Waals surface area contributed by atoms with Crippen molar-refractivity contribution in [2.45, 2.75) is 64.7 Å². The molecule has 1 aromatic carbocycles. The lowest BCUT2D eigenvalue weighted by atomic mass is 9.76. The average molecular weight is 230 g/mol. The van der Waals surface area contributed by atoms with Crippen LogP contribution >= 0.6 is 0 Å². The van der Waals surface area contributed by atoms with Crippen molar-refractivity contribution in [3.05, 3.63) is 35.4 Å². The van der Waals surface area contributed by atoms with E-state index in [1.54, 1.807) is 5.56 Å². The molecule has 0 nitrogen and oxygen atoms in total. The Morgan fingerprint density at radius 2 is 1.53 bits per heavy atom. The maximum absolute atomic E-state index is 2.42. The minimum Gasteiger partial charge on any atom is -0.0619 e. The first-order chi connectivity index (χ1) is 7.98. The lowest BCUT2D eigenvalue weighted by Crippen LogP contribution is -2.15. The molecule has 1 fully saturated rings. The highest BCUT2D eigenvalue weighted by molar-refractivity contribution is 5.30. The van der Waals surface area contributed by atoms with Crippen LogP contribution in [0, 0.1) is 5.92 Å². The van der Waals surface area contributed by atoms with Crippen molar-refractivity contribution < 1.29 is 0 Å². The second-order valence-corrected chi connectivity index (χ2v) is 6.74. The number of hydrogen-bond acceptors (Lipinski definition) is 0. The van der Waals surface area contributed by atoms with Gasteiger partial charge in [-0.2, -0.15) is 0 Å². The highest BCUT2D eigenvalue weighted by Gasteiger charge is 2.23. The van der Waals surface area contributed by atoms with Gasteiger partial charge in [0.25, 0.3) is 0 Å². The van der Waals surface area contributed by atoms with Crippen LogP contribution < -0.4 is 0 Å². The fourth-order valence-corrected chi connectivity index (χ4v) is 3.04. The van der Waals surface area contributed by atoms with Crippen LogP contribution in [0.25, 0.3) is 0 Å². The van der Waals surface area contributed by atoms with E-state index >= 15 is 0 Å². The molecule has 0 N–H and O–H groups in total. The molecular weight excluding hydrogens is 204 g/mol. The van der Waals surface area contributed by atoms with Gasteiger partial charge in [0, 0.05) is 0 Å². The molecule has 94 valence electrons. The van der Waals surface area contributed by atoms with Crippen LogP contribution in [-0.2, 0) is 5.41 Å². The van der Waals surface area contributed by atoms with Crippen molar-refractivity contribution in [1.82, 2.24) is 0 Å². The van der Waals surface area contributed by atoms with Crippen LogP contribution in [0.4, 0.5) is 0 Å². The first kappa shape index (κ1) is 12.7. The molecule has 2 rings (SSSR count). The molecule has 2 atom stereocenters. The van der Waals surface area contributed by atoms with Gasteiger partial charge in [-0.05, 0) is 34.8 Å². The molecule has 0 bridgehead atoms. The second-order valence-electron chi connectivity index (χ2n) is 6.74. The van der Waals surface area contributed by atoms with E-state index in [4.69, 9.17) is 0 Å². The Morgan fingerprint density at radius 1 is 0.941 bits per heavy atom. The van der Waals surface area contributed by atoms with Crippen LogP contribution in [-0.4, -0.2) is 0 Å². The molecule has 0 aromatic heterocycles. The standard InChI is InChI=1S/C17H26/c1-13-7-5-6-8-16(13)14-9-11-15(12-10-14)17(2,3)4/h9-13,16H,5-8H2,1-4H3/t13-,16-/m1/s1. The maximum Gasteiger partial charge on any atom is -0.0132 e. The zero-order valence-corrected chi connectivity index (χ0v) is 11.8. The fourth-order valence-electron chi connectivity index (χ4n) is 3.04. The molecule has 0 spiro atoms. The van der Waals surface area contributed by atoms with E-state index in [1.807, 2.05) is 0 Å². The predicted molar refractivity (Wildman–Crippen MR) is 75.5 cm³/mol. The van der Waals surface area contributed by atoms with Gasteiger partial charge in [0.05, 0.1) is 0 Å². The summed E-state index contributed by atoms with van der Waals surface area (Å²) < 4.78 is 0. The smallest absolute Gasteiger partial charge is 0.0132 e. The Kier molecular flexibility index (Phi) is 3.61. The van der Waals surface area contributed by atoms with Gasteiger partial charge in [0.1, 0.15) is 0 Å². The topological polar surface area (TPSA) is 0 Å². The Labute approximate surface area is 106 Å². The molecule has 0 saturated heterocycles. The monoisotopic (exact) mass is 230 g/mol. The van der Waals surface area contributed by atoms with E-state index in [-0.39, 0.29) is 5.41 Å². The predicted octanol–water partition coefficient (Wildman–Crippen LogP) is 5.28. The molecule has 0 heterocycles. The van der Waals surface area contributed by atoms with Crippen molar-refractivity contribution in [3.8, 4) is 0 Å². The van der Waals surface area contributed by atoms with Gasteiger partial charge in [-0.25, -0.2) is 0 Å². The minimum atomic E-state index is 0.275. The minimum absolute atomic E-state index is 0.275. The van der Waals surface area contributed by atoms with Gasteiger partial charge >= 0.3 is 0 Å². The normalized spacial score (nSPS) is 25.9. The quantitative estimate of drug-likeness (QED) is 0.616. The van der Waals surface area contributed by atoms with Crippen molar-refractivity contribution in [3.63, 3.8) is 0 Å².